The predicted octanol–water partition coefficient (Wildman–Crippen LogP) is 3.30. The van der Waals surface area contributed by atoms with Crippen LogP contribution >= 0.6 is 0 Å². The minimum Gasteiger partial charge on any atom is -0.357 e. The number of halogens is 3. The molecular weight excluding hydrogens is 321 g/mol. The molecule has 0 aliphatic heterocycles. The number of nitrogens with one attached hydrogen (secondary N) is 1. The first-order valence-corrected chi connectivity index (χ1v) is 7.42. The Bertz CT molecular complexity index is 763. The number of rotatable bonds is 5. The summed E-state index contributed by atoms with van der Waals surface area (Å²) in [5.41, 5.74) is -0.451. The van der Waals surface area contributed by atoms with E-state index in [0.29, 0.717) is 24.7 Å². The predicted molar refractivity (Wildman–Crippen MR) is 84.6 cm³/mol. The SMILES string of the molecule is CCN(CC)c1cc(C(=O)Nc2ccc(F)c(F)c2F)nc(C)n1. The van der Waals surface area contributed by atoms with Crippen LogP contribution in [0.2, 0.25) is 0 Å². The summed E-state index contributed by atoms with van der Waals surface area (Å²) in [5.74, 6) is -4.24. The lowest BCUT2D eigenvalue weighted by Crippen LogP contribution is -2.25. The van der Waals surface area contributed by atoms with Crippen LogP contribution < -0.4 is 10.2 Å². The Morgan fingerprint density at radius 1 is 1.12 bits per heavy atom. The summed E-state index contributed by atoms with van der Waals surface area (Å²) < 4.78 is 39.8. The van der Waals surface area contributed by atoms with Gasteiger partial charge in [0, 0.05) is 19.2 Å². The van der Waals surface area contributed by atoms with E-state index in [1.165, 1.54) is 6.07 Å². The Morgan fingerprint density at radius 3 is 2.42 bits per heavy atom. The minimum absolute atomic E-state index is 0.00790. The van der Waals surface area contributed by atoms with Crippen molar-refractivity contribution in [3.8, 4) is 0 Å². The standard InChI is InChI=1S/C16H17F3N4O/c1-4-23(5-2)13-8-12(20-9(3)21-13)16(24)22-11-7-6-10(17)14(18)15(11)19/h6-8H,4-5H2,1-3H3,(H,22,24). The monoisotopic (exact) mass is 338 g/mol. The number of hydrogen-bond donors (Lipinski definition) is 1. The number of benzene rings is 1. The van der Waals surface area contributed by atoms with E-state index in [1.807, 2.05) is 18.7 Å². The number of nitrogens with zero attached hydrogens (tertiary/aromatic N) is 3. The lowest BCUT2D eigenvalue weighted by Gasteiger charge is -2.20. The molecule has 0 unspecified atom stereocenters. The highest BCUT2D eigenvalue weighted by Gasteiger charge is 2.18. The molecule has 0 aliphatic carbocycles. The van der Waals surface area contributed by atoms with Gasteiger partial charge in [0.2, 0.25) is 0 Å². The van der Waals surface area contributed by atoms with Gasteiger partial charge < -0.3 is 10.2 Å². The highest BCUT2D eigenvalue weighted by Crippen LogP contribution is 2.21. The fourth-order valence-electron chi connectivity index (χ4n) is 2.19. The van der Waals surface area contributed by atoms with E-state index < -0.39 is 29.0 Å². The van der Waals surface area contributed by atoms with Gasteiger partial charge in [0.15, 0.2) is 17.5 Å². The first kappa shape index (κ1) is 17.7. The number of carbonyl (C=O) groups is 1. The molecule has 2 rings (SSSR count). The van der Waals surface area contributed by atoms with Crippen LogP contribution in [0.5, 0.6) is 0 Å². The molecule has 0 saturated carbocycles. The van der Waals surface area contributed by atoms with Crippen molar-refractivity contribution >= 4 is 17.4 Å². The van der Waals surface area contributed by atoms with Gasteiger partial charge in [-0.15, -0.1) is 0 Å². The summed E-state index contributed by atoms with van der Waals surface area (Å²) in [4.78, 5) is 22.5. The molecule has 0 spiro atoms. The number of aryl methyl sites for hydroxylation is 1. The van der Waals surface area contributed by atoms with Crippen LogP contribution in [0.1, 0.15) is 30.2 Å². The summed E-state index contributed by atoms with van der Waals surface area (Å²) in [5, 5.41) is 2.19. The molecule has 8 heteroatoms. The smallest absolute Gasteiger partial charge is 0.274 e. The van der Waals surface area contributed by atoms with Crippen molar-refractivity contribution in [1.29, 1.82) is 0 Å². The molecule has 1 aromatic heterocycles. The van der Waals surface area contributed by atoms with Crippen LogP contribution in [-0.4, -0.2) is 29.0 Å². The number of amides is 1. The zero-order valence-electron chi connectivity index (χ0n) is 13.5. The van der Waals surface area contributed by atoms with Crippen molar-refractivity contribution in [2.24, 2.45) is 0 Å². The normalized spacial score (nSPS) is 10.6. The Morgan fingerprint density at radius 2 is 1.79 bits per heavy atom. The van der Waals surface area contributed by atoms with Gasteiger partial charge in [0.1, 0.15) is 17.3 Å². The summed E-state index contributed by atoms with van der Waals surface area (Å²) in [6.45, 7) is 6.88. The average Bonchev–Trinajstić information content (AvgIpc) is 2.56. The van der Waals surface area contributed by atoms with E-state index in [-0.39, 0.29) is 5.69 Å². The van der Waals surface area contributed by atoms with Crippen molar-refractivity contribution in [2.45, 2.75) is 20.8 Å². The molecule has 0 saturated heterocycles. The van der Waals surface area contributed by atoms with Crippen molar-refractivity contribution in [3.05, 3.63) is 47.2 Å². The van der Waals surface area contributed by atoms with Gasteiger partial charge in [-0.1, -0.05) is 0 Å². The molecule has 1 N–H and O–H groups in total. The highest BCUT2D eigenvalue weighted by atomic mass is 19.2. The summed E-state index contributed by atoms with van der Waals surface area (Å²) in [6, 6.07) is 3.15. The van der Waals surface area contributed by atoms with Crippen molar-refractivity contribution in [2.75, 3.05) is 23.3 Å². The second kappa shape index (κ2) is 7.29. The van der Waals surface area contributed by atoms with Gasteiger partial charge >= 0.3 is 0 Å². The average molecular weight is 338 g/mol. The number of carbonyl (C=O) groups excluding carboxylic acids is 1. The molecule has 0 aliphatic rings. The Balaban J connectivity index is 2.32. The van der Waals surface area contributed by atoms with E-state index >= 15 is 0 Å². The molecule has 1 aromatic carbocycles. The van der Waals surface area contributed by atoms with Gasteiger partial charge in [-0.05, 0) is 32.9 Å². The third-order valence-corrected chi connectivity index (χ3v) is 3.43. The van der Waals surface area contributed by atoms with Crippen LogP contribution in [0.15, 0.2) is 18.2 Å². The van der Waals surface area contributed by atoms with E-state index in [1.54, 1.807) is 6.92 Å². The minimum atomic E-state index is -1.64. The second-order valence-corrected chi connectivity index (χ2v) is 5.01. The zero-order valence-corrected chi connectivity index (χ0v) is 13.5. The first-order valence-electron chi connectivity index (χ1n) is 7.42. The zero-order chi connectivity index (χ0) is 17.9. The fraction of sp³-hybridized carbons (Fsp3) is 0.312. The van der Waals surface area contributed by atoms with Crippen LogP contribution in [-0.2, 0) is 0 Å². The van der Waals surface area contributed by atoms with Gasteiger partial charge in [-0.25, -0.2) is 23.1 Å². The molecular formula is C16H17F3N4O. The van der Waals surface area contributed by atoms with E-state index in [4.69, 9.17) is 0 Å². The van der Waals surface area contributed by atoms with Gasteiger partial charge in [0.25, 0.3) is 5.91 Å². The summed E-state index contributed by atoms with van der Waals surface area (Å²) >= 11 is 0. The van der Waals surface area contributed by atoms with Gasteiger partial charge in [-0.2, -0.15) is 0 Å². The topological polar surface area (TPSA) is 58.1 Å². The molecule has 0 fully saturated rings. The Labute approximate surface area is 137 Å². The lowest BCUT2D eigenvalue weighted by atomic mass is 10.2. The number of aromatic nitrogens is 2. The lowest BCUT2D eigenvalue weighted by molar-refractivity contribution is 0.102. The largest absolute Gasteiger partial charge is 0.357 e. The van der Waals surface area contributed by atoms with Crippen molar-refractivity contribution in [1.82, 2.24) is 9.97 Å². The fourth-order valence-corrected chi connectivity index (χ4v) is 2.19. The summed E-state index contributed by atoms with van der Waals surface area (Å²) in [6.07, 6.45) is 0. The Kier molecular flexibility index (Phi) is 5.38. The van der Waals surface area contributed by atoms with E-state index in [0.717, 1.165) is 12.1 Å². The third-order valence-electron chi connectivity index (χ3n) is 3.43. The second-order valence-electron chi connectivity index (χ2n) is 5.01. The quantitative estimate of drug-likeness (QED) is 0.850. The highest BCUT2D eigenvalue weighted by molar-refractivity contribution is 6.03. The molecule has 128 valence electrons. The molecule has 0 radical (unpaired) electrons. The van der Waals surface area contributed by atoms with E-state index in [2.05, 4.69) is 15.3 Å². The molecule has 5 nitrogen and oxygen atoms in total. The maximum atomic E-state index is 13.7. The van der Waals surface area contributed by atoms with Crippen LogP contribution in [0, 0.1) is 24.4 Å². The number of hydrogen-bond acceptors (Lipinski definition) is 4. The van der Waals surface area contributed by atoms with Crippen molar-refractivity contribution in [3.63, 3.8) is 0 Å². The van der Waals surface area contributed by atoms with E-state index in [9.17, 15) is 18.0 Å². The van der Waals surface area contributed by atoms with Crippen LogP contribution in [0.3, 0.4) is 0 Å². The third kappa shape index (κ3) is 3.64. The van der Waals surface area contributed by atoms with Crippen LogP contribution in [0.4, 0.5) is 24.7 Å². The van der Waals surface area contributed by atoms with Gasteiger partial charge in [0.05, 0.1) is 5.69 Å². The van der Waals surface area contributed by atoms with Gasteiger partial charge in [-0.3, -0.25) is 4.79 Å². The number of anilines is 2. The maximum absolute atomic E-state index is 13.7. The van der Waals surface area contributed by atoms with Crippen molar-refractivity contribution < 1.29 is 18.0 Å². The molecule has 24 heavy (non-hydrogen) atoms. The Hall–Kier alpha value is -2.64. The molecule has 1 heterocycles. The molecule has 0 bridgehead atoms. The first-order chi connectivity index (χ1) is 11.4. The maximum Gasteiger partial charge on any atom is 0.274 e. The summed E-state index contributed by atoms with van der Waals surface area (Å²) in [7, 11) is 0. The molecule has 1 amide bonds. The molecule has 0 atom stereocenters. The molecule has 2 aromatic rings. The van der Waals surface area contributed by atoms with Crippen LogP contribution in [0.25, 0.3) is 0 Å².